The zero-order valence-corrected chi connectivity index (χ0v) is 16.7. The Balaban J connectivity index is 1.69. The summed E-state index contributed by atoms with van der Waals surface area (Å²) in [4.78, 5) is 8.98. The minimum absolute atomic E-state index is 0.106. The van der Waals surface area contributed by atoms with Gasteiger partial charge in [0.1, 0.15) is 36.1 Å². The van der Waals surface area contributed by atoms with Crippen LogP contribution in [0.1, 0.15) is 6.23 Å². The van der Waals surface area contributed by atoms with E-state index in [1.165, 1.54) is 6.33 Å². The van der Waals surface area contributed by atoms with Gasteiger partial charge in [0.05, 0.1) is 5.39 Å². The molecule has 5 N–H and O–H groups in total. The van der Waals surface area contributed by atoms with Crippen LogP contribution in [0, 0.1) is 0 Å². The summed E-state index contributed by atoms with van der Waals surface area (Å²) in [6.07, 6.45) is -0.324. The van der Waals surface area contributed by atoms with Crippen molar-refractivity contribution in [3.05, 3.63) is 73.2 Å². The molecular formula is C23H23N5O3. The quantitative estimate of drug-likeness (QED) is 0.394. The van der Waals surface area contributed by atoms with E-state index in [9.17, 15) is 10.2 Å². The SMILES string of the molecule is NC[C@@H]1O[C@@H](n2cc(-c3ccccc3)c3c(Nc4ccccc4)ncnc32)[C@H](O)[C@@H]1O. The Kier molecular flexibility index (Phi) is 5.13. The Morgan fingerprint density at radius 2 is 1.68 bits per heavy atom. The van der Waals surface area contributed by atoms with Crippen LogP contribution < -0.4 is 11.1 Å². The number of ether oxygens (including phenoxy) is 1. The average molecular weight is 417 g/mol. The molecule has 1 saturated heterocycles. The molecule has 2 aromatic carbocycles. The molecule has 1 aliphatic heterocycles. The molecule has 31 heavy (non-hydrogen) atoms. The van der Waals surface area contributed by atoms with Crippen molar-refractivity contribution < 1.29 is 14.9 Å². The van der Waals surface area contributed by atoms with Gasteiger partial charge in [-0.05, 0) is 17.7 Å². The number of aliphatic hydroxyl groups excluding tert-OH is 2. The van der Waals surface area contributed by atoms with Gasteiger partial charge in [-0.2, -0.15) is 0 Å². The van der Waals surface area contributed by atoms with Crippen LogP contribution in [-0.4, -0.2) is 49.6 Å². The lowest BCUT2D eigenvalue weighted by Gasteiger charge is -2.17. The van der Waals surface area contributed by atoms with Gasteiger partial charge in [-0.25, -0.2) is 9.97 Å². The van der Waals surface area contributed by atoms with Crippen molar-refractivity contribution >= 4 is 22.5 Å². The van der Waals surface area contributed by atoms with Crippen LogP contribution in [-0.2, 0) is 4.74 Å². The van der Waals surface area contributed by atoms with Gasteiger partial charge in [0.25, 0.3) is 0 Å². The lowest BCUT2D eigenvalue weighted by Crippen LogP contribution is -2.35. The number of benzene rings is 2. The van der Waals surface area contributed by atoms with Crippen LogP contribution in [0.25, 0.3) is 22.2 Å². The predicted octanol–water partition coefficient (Wildman–Crippen LogP) is 2.42. The predicted molar refractivity (Wildman–Crippen MR) is 118 cm³/mol. The summed E-state index contributed by atoms with van der Waals surface area (Å²) in [7, 11) is 0. The van der Waals surface area contributed by atoms with Gasteiger partial charge in [0.2, 0.25) is 0 Å². The highest BCUT2D eigenvalue weighted by Crippen LogP contribution is 2.39. The maximum Gasteiger partial charge on any atom is 0.164 e. The Bertz CT molecular complexity index is 1180. The van der Waals surface area contributed by atoms with E-state index < -0.39 is 24.5 Å². The number of para-hydroxylation sites is 1. The molecule has 0 unspecified atom stereocenters. The number of aliphatic hydroxyl groups is 2. The van der Waals surface area contributed by atoms with Crippen LogP contribution in [0.4, 0.5) is 11.5 Å². The first kappa shape index (κ1) is 19.7. The Morgan fingerprint density at radius 1 is 0.968 bits per heavy atom. The van der Waals surface area contributed by atoms with E-state index in [0.29, 0.717) is 11.5 Å². The molecule has 0 amide bonds. The van der Waals surface area contributed by atoms with E-state index in [1.54, 1.807) is 4.57 Å². The number of hydrogen-bond donors (Lipinski definition) is 4. The summed E-state index contributed by atoms with van der Waals surface area (Å²) >= 11 is 0. The molecule has 1 aliphatic rings. The van der Waals surface area contributed by atoms with Crippen LogP contribution >= 0.6 is 0 Å². The fourth-order valence-corrected chi connectivity index (χ4v) is 4.02. The highest BCUT2D eigenvalue weighted by Gasteiger charge is 2.43. The van der Waals surface area contributed by atoms with Gasteiger partial charge < -0.3 is 30.6 Å². The molecule has 0 saturated carbocycles. The van der Waals surface area contributed by atoms with E-state index >= 15 is 0 Å². The molecule has 3 heterocycles. The number of nitrogens with zero attached hydrogens (tertiary/aromatic N) is 3. The Labute approximate surface area is 178 Å². The third kappa shape index (κ3) is 3.45. The molecule has 8 nitrogen and oxygen atoms in total. The van der Waals surface area contributed by atoms with E-state index in [2.05, 4.69) is 15.3 Å². The second-order valence-electron chi connectivity index (χ2n) is 7.51. The molecule has 0 radical (unpaired) electrons. The molecule has 0 bridgehead atoms. The topological polar surface area (TPSA) is 118 Å². The first-order valence-corrected chi connectivity index (χ1v) is 10.1. The van der Waals surface area contributed by atoms with Gasteiger partial charge in [0.15, 0.2) is 6.23 Å². The van der Waals surface area contributed by atoms with Crippen LogP contribution in [0.3, 0.4) is 0 Å². The number of fused-ring (bicyclic) bond motifs is 1. The van der Waals surface area contributed by atoms with Crippen molar-refractivity contribution in [2.75, 3.05) is 11.9 Å². The van der Waals surface area contributed by atoms with Crippen molar-refractivity contribution in [2.45, 2.75) is 24.5 Å². The molecule has 0 spiro atoms. The fraction of sp³-hybridized carbons (Fsp3) is 0.217. The van der Waals surface area contributed by atoms with Gasteiger partial charge >= 0.3 is 0 Å². The summed E-state index contributed by atoms with van der Waals surface area (Å²) < 4.78 is 7.64. The maximum atomic E-state index is 10.6. The number of anilines is 2. The summed E-state index contributed by atoms with van der Waals surface area (Å²) in [5.74, 6) is 0.636. The molecule has 8 heteroatoms. The zero-order chi connectivity index (χ0) is 21.4. The monoisotopic (exact) mass is 417 g/mol. The van der Waals surface area contributed by atoms with E-state index in [0.717, 1.165) is 22.2 Å². The van der Waals surface area contributed by atoms with Crippen LogP contribution in [0.2, 0.25) is 0 Å². The van der Waals surface area contributed by atoms with Gasteiger partial charge in [-0.15, -0.1) is 0 Å². The minimum Gasteiger partial charge on any atom is -0.387 e. The Morgan fingerprint density at radius 3 is 2.35 bits per heavy atom. The number of nitrogens with two attached hydrogens (primary N) is 1. The second kappa shape index (κ2) is 8.09. The molecule has 158 valence electrons. The first-order valence-electron chi connectivity index (χ1n) is 10.1. The molecule has 4 aromatic rings. The summed E-state index contributed by atoms with van der Waals surface area (Å²) in [6, 6.07) is 19.6. The second-order valence-corrected chi connectivity index (χ2v) is 7.51. The van der Waals surface area contributed by atoms with Crippen molar-refractivity contribution in [1.82, 2.24) is 14.5 Å². The number of aromatic nitrogens is 3. The summed E-state index contributed by atoms with van der Waals surface area (Å²) in [5, 5.41) is 25.1. The van der Waals surface area contributed by atoms with Crippen molar-refractivity contribution in [3.8, 4) is 11.1 Å². The standard InChI is InChI=1S/C23H23N5O3/c24-11-17-19(29)20(30)23(31-17)28-12-16(14-7-3-1-4-8-14)18-21(25-13-26-22(18)28)27-15-9-5-2-6-10-15/h1-10,12-13,17,19-20,23,29-30H,11,24H2,(H,25,26,27)/t17-,19+,20+,23+/m0/s1. The smallest absolute Gasteiger partial charge is 0.164 e. The molecule has 5 rings (SSSR count). The molecular weight excluding hydrogens is 394 g/mol. The lowest BCUT2D eigenvalue weighted by molar-refractivity contribution is -0.0318. The average Bonchev–Trinajstić information content (AvgIpc) is 3.33. The fourth-order valence-electron chi connectivity index (χ4n) is 4.02. The highest BCUT2D eigenvalue weighted by atomic mass is 16.6. The van der Waals surface area contributed by atoms with Gasteiger partial charge in [-0.1, -0.05) is 48.5 Å². The summed E-state index contributed by atoms with van der Waals surface area (Å²) in [5.41, 5.74) is 9.04. The van der Waals surface area contributed by atoms with E-state index in [4.69, 9.17) is 10.5 Å². The first-order chi connectivity index (χ1) is 15.2. The van der Waals surface area contributed by atoms with E-state index in [-0.39, 0.29) is 6.54 Å². The number of rotatable bonds is 5. The van der Waals surface area contributed by atoms with Crippen molar-refractivity contribution in [3.63, 3.8) is 0 Å². The van der Waals surface area contributed by atoms with Crippen LogP contribution in [0.5, 0.6) is 0 Å². The largest absolute Gasteiger partial charge is 0.387 e. The maximum absolute atomic E-state index is 10.6. The molecule has 0 aliphatic carbocycles. The lowest BCUT2D eigenvalue weighted by atomic mass is 10.1. The van der Waals surface area contributed by atoms with Gasteiger partial charge in [0, 0.05) is 24.0 Å². The van der Waals surface area contributed by atoms with Crippen molar-refractivity contribution in [1.29, 1.82) is 0 Å². The highest BCUT2D eigenvalue weighted by molar-refractivity contribution is 6.02. The minimum atomic E-state index is -1.13. The Hall–Kier alpha value is -3.30. The summed E-state index contributed by atoms with van der Waals surface area (Å²) in [6.45, 7) is 0.106. The van der Waals surface area contributed by atoms with Crippen LogP contribution in [0.15, 0.2) is 73.2 Å². The van der Waals surface area contributed by atoms with E-state index in [1.807, 2.05) is 66.9 Å². The molecule has 2 aromatic heterocycles. The third-order valence-electron chi connectivity index (χ3n) is 5.57. The molecule has 4 atom stereocenters. The van der Waals surface area contributed by atoms with Crippen molar-refractivity contribution in [2.24, 2.45) is 5.73 Å². The normalized spacial score (nSPS) is 23.3. The molecule has 1 fully saturated rings. The zero-order valence-electron chi connectivity index (χ0n) is 16.7. The third-order valence-corrected chi connectivity index (χ3v) is 5.57. The van der Waals surface area contributed by atoms with Gasteiger partial charge in [-0.3, -0.25) is 0 Å². The number of nitrogens with one attached hydrogen (secondary N) is 1. The number of hydrogen-bond acceptors (Lipinski definition) is 7.